The van der Waals surface area contributed by atoms with Crippen molar-refractivity contribution in [1.82, 2.24) is 9.88 Å². The highest BCUT2D eigenvalue weighted by atomic mass is 16.5. The quantitative estimate of drug-likeness (QED) is 0.471. The van der Waals surface area contributed by atoms with Crippen molar-refractivity contribution in [2.24, 2.45) is 10.7 Å². The first-order chi connectivity index (χ1) is 9.72. The lowest BCUT2D eigenvalue weighted by Crippen LogP contribution is -2.35. The Morgan fingerprint density at radius 1 is 1.55 bits per heavy atom. The Labute approximate surface area is 120 Å². The molecule has 1 heterocycles. The van der Waals surface area contributed by atoms with Crippen LogP contribution in [0.5, 0.6) is 5.88 Å². The Kier molecular flexibility index (Phi) is 5.21. The van der Waals surface area contributed by atoms with Crippen molar-refractivity contribution in [3.63, 3.8) is 0 Å². The van der Waals surface area contributed by atoms with E-state index in [1.807, 2.05) is 24.1 Å². The summed E-state index contributed by atoms with van der Waals surface area (Å²) in [5, 5.41) is 0. The van der Waals surface area contributed by atoms with Gasteiger partial charge in [0.2, 0.25) is 5.88 Å². The molecule has 1 fully saturated rings. The molecule has 1 aliphatic rings. The molecule has 1 aliphatic carbocycles. The molecule has 1 saturated carbocycles. The predicted molar refractivity (Wildman–Crippen MR) is 80.8 cm³/mol. The van der Waals surface area contributed by atoms with Crippen LogP contribution in [0.4, 0.5) is 0 Å². The predicted octanol–water partition coefficient (Wildman–Crippen LogP) is 2.17. The maximum absolute atomic E-state index is 5.99. The lowest BCUT2D eigenvalue weighted by atomic mass is 10.2. The summed E-state index contributed by atoms with van der Waals surface area (Å²) >= 11 is 0. The van der Waals surface area contributed by atoms with Gasteiger partial charge in [-0.1, -0.05) is 19.4 Å². The SMILES string of the molecule is CCCCOc1ncccc1CN=C(N)N(C)C1CC1. The van der Waals surface area contributed by atoms with Gasteiger partial charge in [0.05, 0.1) is 13.2 Å². The van der Waals surface area contributed by atoms with E-state index < -0.39 is 0 Å². The van der Waals surface area contributed by atoms with Crippen LogP contribution in [0.1, 0.15) is 38.2 Å². The average molecular weight is 276 g/mol. The maximum atomic E-state index is 5.99. The first kappa shape index (κ1) is 14.6. The normalized spacial score (nSPS) is 15.2. The topological polar surface area (TPSA) is 63.7 Å². The largest absolute Gasteiger partial charge is 0.477 e. The summed E-state index contributed by atoms with van der Waals surface area (Å²) in [6.45, 7) is 3.35. The minimum atomic E-state index is 0.512. The van der Waals surface area contributed by atoms with E-state index in [2.05, 4.69) is 16.9 Å². The zero-order valence-electron chi connectivity index (χ0n) is 12.4. The molecule has 0 aliphatic heterocycles. The molecule has 0 saturated heterocycles. The van der Waals surface area contributed by atoms with Crippen molar-refractivity contribution in [2.75, 3.05) is 13.7 Å². The van der Waals surface area contributed by atoms with Gasteiger partial charge in [-0.05, 0) is 25.3 Å². The summed E-state index contributed by atoms with van der Waals surface area (Å²) in [6, 6.07) is 4.47. The molecule has 0 unspecified atom stereocenters. The second-order valence-corrected chi connectivity index (χ2v) is 5.19. The van der Waals surface area contributed by atoms with E-state index in [1.54, 1.807) is 6.20 Å². The number of pyridine rings is 1. The third-order valence-corrected chi connectivity index (χ3v) is 3.45. The smallest absolute Gasteiger partial charge is 0.218 e. The average Bonchev–Trinajstić information content (AvgIpc) is 3.30. The molecular weight excluding hydrogens is 252 g/mol. The third-order valence-electron chi connectivity index (χ3n) is 3.45. The Balaban J connectivity index is 1.95. The van der Waals surface area contributed by atoms with Crippen molar-refractivity contribution >= 4 is 5.96 Å². The molecule has 2 N–H and O–H groups in total. The number of nitrogens with two attached hydrogens (primary N) is 1. The van der Waals surface area contributed by atoms with E-state index in [1.165, 1.54) is 12.8 Å². The molecule has 0 spiro atoms. The molecule has 0 aromatic carbocycles. The summed E-state index contributed by atoms with van der Waals surface area (Å²) in [5.74, 6) is 1.27. The van der Waals surface area contributed by atoms with E-state index >= 15 is 0 Å². The fourth-order valence-corrected chi connectivity index (χ4v) is 1.91. The van der Waals surface area contributed by atoms with Crippen LogP contribution in [0.15, 0.2) is 23.3 Å². The second kappa shape index (κ2) is 7.12. The van der Waals surface area contributed by atoms with Crippen molar-refractivity contribution in [1.29, 1.82) is 0 Å². The van der Waals surface area contributed by atoms with Gasteiger partial charge < -0.3 is 15.4 Å². The fraction of sp³-hybridized carbons (Fsp3) is 0.600. The number of guanidine groups is 1. The molecule has 110 valence electrons. The highest BCUT2D eigenvalue weighted by Gasteiger charge is 2.27. The van der Waals surface area contributed by atoms with Crippen LogP contribution < -0.4 is 10.5 Å². The first-order valence-corrected chi connectivity index (χ1v) is 7.31. The van der Waals surface area contributed by atoms with E-state index in [9.17, 15) is 0 Å². The molecule has 2 rings (SSSR count). The van der Waals surface area contributed by atoms with Gasteiger partial charge in [-0.15, -0.1) is 0 Å². The van der Waals surface area contributed by atoms with Crippen LogP contribution in [0.2, 0.25) is 0 Å². The maximum Gasteiger partial charge on any atom is 0.218 e. The fourth-order valence-electron chi connectivity index (χ4n) is 1.91. The number of aromatic nitrogens is 1. The van der Waals surface area contributed by atoms with E-state index in [-0.39, 0.29) is 0 Å². The number of rotatable bonds is 7. The molecule has 5 heteroatoms. The minimum Gasteiger partial charge on any atom is -0.477 e. The summed E-state index contributed by atoms with van der Waals surface area (Å²) in [6.07, 6.45) is 6.31. The van der Waals surface area contributed by atoms with Gasteiger partial charge in [0.15, 0.2) is 5.96 Å². The number of hydrogen-bond donors (Lipinski definition) is 1. The summed E-state index contributed by atoms with van der Waals surface area (Å²) in [7, 11) is 2.00. The monoisotopic (exact) mass is 276 g/mol. The molecule has 0 bridgehead atoms. The summed E-state index contributed by atoms with van der Waals surface area (Å²) in [5.41, 5.74) is 6.97. The lowest BCUT2D eigenvalue weighted by molar-refractivity contribution is 0.294. The lowest BCUT2D eigenvalue weighted by Gasteiger charge is -2.17. The number of aliphatic imine (C=N–C) groups is 1. The molecule has 1 aromatic rings. The van der Waals surface area contributed by atoms with Crippen LogP contribution in [0.25, 0.3) is 0 Å². The number of nitrogens with zero attached hydrogens (tertiary/aromatic N) is 3. The van der Waals surface area contributed by atoms with E-state index in [0.717, 1.165) is 18.4 Å². The molecule has 0 atom stereocenters. The summed E-state index contributed by atoms with van der Waals surface area (Å²) in [4.78, 5) is 10.8. The summed E-state index contributed by atoms with van der Waals surface area (Å²) < 4.78 is 5.70. The molecular formula is C15H24N4O. The Morgan fingerprint density at radius 3 is 3.05 bits per heavy atom. The molecule has 5 nitrogen and oxygen atoms in total. The number of ether oxygens (including phenoxy) is 1. The zero-order chi connectivity index (χ0) is 14.4. The van der Waals surface area contributed by atoms with Crippen molar-refractivity contribution in [2.45, 2.75) is 45.2 Å². The van der Waals surface area contributed by atoms with E-state index in [0.29, 0.717) is 31.0 Å². The van der Waals surface area contributed by atoms with Gasteiger partial charge in [0, 0.05) is 24.8 Å². The van der Waals surface area contributed by atoms with Gasteiger partial charge in [-0.25, -0.2) is 9.98 Å². The van der Waals surface area contributed by atoms with Crippen LogP contribution in [-0.4, -0.2) is 35.5 Å². The van der Waals surface area contributed by atoms with Crippen LogP contribution >= 0.6 is 0 Å². The number of hydrogen-bond acceptors (Lipinski definition) is 3. The van der Waals surface area contributed by atoms with Crippen LogP contribution in [-0.2, 0) is 6.54 Å². The standard InChI is InChI=1S/C15H24N4O/c1-3-4-10-20-14-12(6-5-9-17-14)11-18-15(16)19(2)13-7-8-13/h5-6,9,13H,3-4,7-8,10-11H2,1-2H3,(H2,16,18). The zero-order valence-corrected chi connectivity index (χ0v) is 12.4. The Morgan fingerprint density at radius 2 is 2.35 bits per heavy atom. The Hall–Kier alpha value is -1.78. The van der Waals surface area contributed by atoms with E-state index in [4.69, 9.17) is 10.5 Å². The van der Waals surface area contributed by atoms with Crippen LogP contribution in [0.3, 0.4) is 0 Å². The van der Waals surface area contributed by atoms with Gasteiger partial charge in [-0.3, -0.25) is 0 Å². The van der Waals surface area contributed by atoms with Gasteiger partial charge in [-0.2, -0.15) is 0 Å². The third kappa shape index (κ3) is 4.11. The second-order valence-electron chi connectivity index (χ2n) is 5.19. The minimum absolute atomic E-state index is 0.512. The highest BCUT2D eigenvalue weighted by Crippen LogP contribution is 2.25. The van der Waals surface area contributed by atoms with Gasteiger partial charge >= 0.3 is 0 Å². The van der Waals surface area contributed by atoms with Crippen molar-refractivity contribution in [3.05, 3.63) is 23.9 Å². The van der Waals surface area contributed by atoms with Crippen molar-refractivity contribution < 1.29 is 4.74 Å². The molecule has 1 aromatic heterocycles. The Bertz CT molecular complexity index is 457. The van der Waals surface area contributed by atoms with Gasteiger partial charge in [0.25, 0.3) is 0 Å². The molecule has 20 heavy (non-hydrogen) atoms. The number of unbranched alkanes of at least 4 members (excludes halogenated alkanes) is 1. The molecule has 0 amide bonds. The highest BCUT2D eigenvalue weighted by molar-refractivity contribution is 5.78. The first-order valence-electron chi connectivity index (χ1n) is 7.31. The van der Waals surface area contributed by atoms with Crippen molar-refractivity contribution in [3.8, 4) is 5.88 Å². The van der Waals surface area contributed by atoms with Crippen LogP contribution in [0, 0.1) is 0 Å². The molecule has 0 radical (unpaired) electrons. The van der Waals surface area contributed by atoms with Gasteiger partial charge in [0.1, 0.15) is 0 Å².